The average molecular weight is 526 g/mol. The number of ketones is 2. The van der Waals surface area contributed by atoms with Gasteiger partial charge in [0, 0.05) is 22.6 Å². The van der Waals surface area contributed by atoms with Crippen LogP contribution < -0.4 is 14.4 Å². The number of aromatic hydroxyl groups is 1. The molecule has 2 aromatic rings. The zero-order valence-electron chi connectivity index (χ0n) is 21.8. The Kier molecular flexibility index (Phi) is 5.79. The largest absolute Gasteiger partial charge is 0.502 e. The van der Waals surface area contributed by atoms with Crippen molar-refractivity contribution in [2.45, 2.75) is 25.7 Å². The maximum atomic E-state index is 13.9. The van der Waals surface area contributed by atoms with Gasteiger partial charge in [-0.1, -0.05) is 29.8 Å². The summed E-state index contributed by atoms with van der Waals surface area (Å²) in [5.74, 6) is -3.24. The zero-order valence-corrected chi connectivity index (χ0v) is 21.8. The molecule has 0 radical (unpaired) electrons. The number of phenols is 1. The minimum atomic E-state index is -0.669. The van der Waals surface area contributed by atoms with Gasteiger partial charge >= 0.3 is 0 Å². The molecular formula is C31H27NO7. The van der Waals surface area contributed by atoms with Crippen molar-refractivity contribution >= 4 is 29.1 Å². The highest BCUT2D eigenvalue weighted by atomic mass is 16.5. The third-order valence-electron chi connectivity index (χ3n) is 8.41. The number of nitrogens with zero attached hydrogens (tertiary/aromatic N) is 1. The van der Waals surface area contributed by atoms with Crippen LogP contribution in [0.1, 0.15) is 31.2 Å². The van der Waals surface area contributed by atoms with Gasteiger partial charge in [-0.15, -0.1) is 0 Å². The number of amides is 2. The van der Waals surface area contributed by atoms with Gasteiger partial charge in [-0.2, -0.15) is 0 Å². The standard InChI is InChI=1S/C31H27NO7/c1-15-11-22(33)27-21(28(15)34)14-20-18(25(27)16-12-23(38-2)29(35)24(13-16)39-3)9-10-19-26(20)31(37)32(30(19)36)17-7-5-4-6-8-17/h4-9,11-13,19-20,25-26,35H,10,14H2,1-3H3. The fourth-order valence-electron chi connectivity index (χ4n) is 6.67. The highest BCUT2D eigenvalue weighted by Gasteiger charge is 2.56. The van der Waals surface area contributed by atoms with Gasteiger partial charge in [-0.05, 0) is 61.6 Å². The fourth-order valence-corrected chi connectivity index (χ4v) is 6.67. The molecular weight excluding hydrogens is 498 g/mol. The number of hydrogen-bond acceptors (Lipinski definition) is 7. The van der Waals surface area contributed by atoms with E-state index in [1.165, 1.54) is 25.2 Å². The number of anilines is 1. The van der Waals surface area contributed by atoms with Crippen LogP contribution in [-0.2, 0) is 19.2 Å². The average Bonchev–Trinajstić information content (AvgIpc) is 3.20. The monoisotopic (exact) mass is 525 g/mol. The number of benzene rings is 2. The number of fused-ring (bicyclic) bond motifs is 3. The molecule has 0 bridgehead atoms. The first kappa shape index (κ1) is 24.9. The van der Waals surface area contributed by atoms with Crippen molar-refractivity contribution in [3.8, 4) is 17.2 Å². The van der Waals surface area contributed by atoms with E-state index in [4.69, 9.17) is 9.47 Å². The lowest BCUT2D eigenvalue weighted by molar-refractivity contribution is -0.123. The molecule has 4 unspecified atom stereocenters. The molecule has 4 atom stereocenters. The number of allylic oxidation sites excluding steroid dienone is 6. The highest BCUT2D eigenvalue weighted by Crippen LogP contribution is 2.56. The molecule has 2 aromatic carbocycles. The van der Waals surface area contributed by atoms with Crippen LogP contribution in [0.15, 0.2) is 76.9 Å². The fraction of sp³-hybridized carbons (Fsp3) is 0.290. The van der Waals surface area contributed by atoms with Crippen molar-refractivity contribution < 1.29 is 33.8 Å². The molecule has 1 aliphatic heterocycles. The van der Waals surface area contributed by atoms with Crippen molar-refractivity contribution in [3.05, 3.63) is 82.5 Å². The Hall–Kier alpha value is -4.46. The molecule has 1 N–H and O–H groups in total. The Morgan fingerprint density at radius 2 is 1.59 bits per heavy atom. The number of hydrogen-bond donors (Lipinski definition) is 1. The van der Waals surface area contributed by atoms with Gasteiger partial charge in [0.15, 0.2) is 23.1 Å². The Balaban J connectivity index is 1.53. The number of methoxy groups -OCH3 is 2. The van der Waals surface area contributed by atoms with Gasteiger partial charge in [0.25, 0.3) is 0 Å². The molecule has 0 spiro atoms. The molecule has 8 heteroatoms. The van der Waals surface area contributed by atoms with Crippen LogP contribution in [0.4, 0.5) is 5.69 Å². The summed E-state index contributed by atoms with van der Waals surface area (Å²) >= 11 is 0. The summed E-state index contributed by atoms with van der Waals surface area (Å²) in [6, 6.07) is 12.1. The Labute approximate surface area is 225 Å². The Bertz CT molecular complexity index is 1520. The number of carbonyl (C=O) groups excluding carboxylic acids is 4. The number of Topliss-reactive ketones (excluding diaryl/α,β-unsaturated/α-hetero) is 1. The minimum absolute atomic E-state index is 0.159. The van der Waals surface area contributed by atoms with E-state index in [9.17, 15) is 24.3 Å². The lowest BCUT2D eigenvalue weighted by Crippen LogP contribution is -2.39. The van der Waals surface area contributed by atoms with Crippen LogP contribution in [0.2, 0.25) is 0 Å². The SMILES string of the molecule is COc1cc(C2C3=CCC4C(=O)N(c5ccccc5)C(=O)C4C3CC3=C2C(=O)C=C(C)C3=O)cc(OC)c1O. The molecule has 198 valence electrons. The molecule has 3 aliphatic carbocycles. The van der Waals surface area contributed by atoms with Crippen molar-refractivity contribution in [3.63, 3.8) is 0 Å². The van der Waals surface area contributed by atoms with Gasteiger partial charge in [-0.25, -0.2) is 0 Å². The third kappa shape index (κ3) is 3.58. The second-order valence-corrected chi connectivity index (χ2v) is 10.4. The predicted octanol–water partition coefficient (Wildman–Crippen LogP) is 4.04. The summed E-state index contributed by atoms with van der Waals surface area (Å²) in [4.78, 5) is 55.5. The van der Waals surface area contributed by atoms with Crippen LogP contribution in [0.3, 0.4) is 0 Å². The van der Waals surface area contributed by atoms with E-state index in [2.05, 4.69) is 0 Å². The normalized spacial score (nSPS) is 26.1. The molecule has 4 aliphatic rings. The topological polar surface area (TPSA) is 110 Å². The lowest BCUT2D eigenvalue weighted by Gasteiger charge is -2.42. The zero-order chi connectivity index (χ0) is 27.6. The first-order valence-electron chi connectivity index (χ1n) is 12.8. The molecule has 1 saturated heterocycles. The number of ether oxygens (including phenoxy) is 2. The van der Waals surface area contributed by atoms with Gasteiger partial charge in [0.05, 0.1) is 31.7 Å². The number of imide groups is 1. The minimum Gasteiger partial charge on any atom is -0.502 e. The summed E-state index contributed by atoms with van der Waals surface area (Å²) in [5, 5.41) is 10.5. The van der Waals surface area contributed by atoms with Crippen LogP contribution in [0, 0.1) is 17.8 Å². The Morgan fingerprint density at radius 1 is 0.923 bits per heavy atom. The summed E-state index contributed by atoms with van der Waals surface area (Å²) in [7, 11) is 2.83. The van der Waals surface area contributed by atoms with Gasteiger partial charge < -0.3 is 14.6 Å². The van der Waals surface area contributed by atoms with E-state index in [1.807, 2.05) is 12.1 Å². The molecule has 0 saturated carbocycles. The summed E-state index contributed by atoms with van der Waals surface area (Å²) in [6.45, 7) is 1.61. The van der Waals surface area contributed by atoms with Gasteiger partial charge in [-0.3, -0.25) is 24.1 Å². The summed E-state index contributed by atoms with van der Waals surface area (Å²) in [5.41, 5.74) is 3.00. The van der Waals surface area contributed by atoms with Crippen molar-refractivity contribution in [1.29, 1.82) is 0 Å². The van der Waals surface area contributed by atoms with E-state index in [0.717, 1.165) is 5.57 Å². The van der Waals surface area contributed by atoms with Gasteiger partial charge in [0.1, 0.15) is 0 Å². The molecule has 1 fully saturated rings. The molecule has 1 heterocycles. The highest BCUT2D eigenvalue weighted by molar-refractivity contribution is 6.25. The molecule has 8 nitrogen and oxygen atoms in total. The van der Waals surface area contributed by atoms with Crippen molar-refractivity contribution in [1.82, 2.24) is 0 Å². The number of para-hydroxylation sites is 1. The number of phenolic OH excluding ortho intramolecular Hbond substituents is 1. The van der Waals surface area contributed by atoms with Crippen LogP contribution >= 0.6 is 0 Å². The second kappa shape index (κ2) is 9.08. The molecule has 2 amide bonds. The lowest BCUT2D eigenvalue weighted by atomic mass is 9.59. The van der Waals surface area contributed by atoms with Crippen LogP contribution in [0.5, 0.6) is 17.2 Å². The van der Waals surface area contributed by atoms with E-state index < -0.39 is 23.7 Å². The molecule has 6 rings (SSSR count). The van der Waals surface area contributed by atoms with Crippen LogP contribution in [0.25, 0.3) is 0 Å². The summed E-state index contributed by atoms with van der Waals surface area (Å²) in [6.07, 6.45) is 3.85. The quantitative estimate of drug-likeness (QED) is 0.364. The summed E-state index contributed by atoms with van der Waals surface area (Å²) < 4.78 is 10.8. The maximum absolute atomic E-state index is 13.9. The van der Waals surface area contributed by atoms with Gasteiger partial charge in [0.2, 0.25) is 17.6 Å². The number of rotatable bonds is 4. The van der Waals surface area contributed by atoms with Crippen LogP contribution in [-0.4, -0.2) is 42.7 Å². The first-order chi connectivity index (χ1) is 18.8. The third-order valence-corrected chi connectivity index (χ3v) is 8.41. The molecule has 39 heavy (non-hydrogen) atoms. The maximum Gasteiger partial charge on any atom is 0.238 e. The smallest absolute Gasteiger partial charge is 0.238 e. The van der Waals surface area contributed by atoms with E-state index >= 15 is 0 Å². The van der Waals surface area contributed by atoms with Crippen molar-refractivity contribution in [2.75, 3.05) is 19.1 Å². The van der Waals surface area contributed by atoms with Crippen molar-refractivity contribution in [2.24, 2.45) is 17.8 Å². The molecule has 0 aromatic heterocycles. The number of carbonyl (C=O) groups is 4. The second-order valence-electron chi connectivity index (χ2n) is 10.4. The predicted molar refractivity (Wildman–Crippen MR) is 141 cm³/mol. The Morgan fingerprint density at radius 3 is 2.23 bits per heavy atom. The first-order valence-corrected chi connectivity index (χ1v) is 12.8. The van der Waals surface area contributed by atoms with E-state index in [-0.39, 0.29) is 47.1 Å². The van der Waals surface area contributed by atoms with E-state index in [0.29, 0.717) is 34.4 Å². The van der Waals surface area contributed by atoms with E-state index in [1.54, 1.807) is 43.3 Å².